The van der Waals surface area contributed by atoms with Crippen LogP contribution in [0.5, 0.6) is 0 Å². The lowest BCUT2D eigenvalue weighted by Crippen LogP contribution is -2.04. The molecule has 96 valence electrons. The molecule has 0 amide bonds. The van der Waals surface area contributed by atoms with E-state index in [1.165, 1.54) is 17.2 Å². The summed E-state index contributed by atoms with van der Waals surface area (Å²) in [5.74, 6) is 0.460. The van der Waals surface area contributed by atoms with Crippen molar-refractivity contribution in [1.82, 2.24) is 0 Å². The minimum absolute atomic E-state index is 0.149. The van der Waals surface area contributed by atoms with E-state index in [1.807, 2.05) is 6.07 Å². The molecule has 0 aromatic heterocycles. The highest BCUT2D eigenvalue weighted by atomic mass is 19.1. The Morgan fingerprint density at radius 2 is 1.79 bits per heavy atom. The van der Waals surface area contributed by atoms with Gasteiger partial charge in [0.2, 0.25) is 0 Å². The van der Waals surface area contributed by atoms with Crippen LogP contribution in [0.1, 0.15) is 36.3 Å². The Morgan fingerprint density at radius 1 is 0.947 bits per heavy atom. The van der Waals surface area contributed by atoms with E-state index in [0.29, 0.717) is 5.92 Å². The van der Waals surface area contributed by atoms with Crippen molar-refractivity contribution in [2.45, 2.75) is 25.2 Å². The van der Waals surface area contributed by atoms with Crippen molar-refractivity contribution < 1.29 is 4.39 Å². The Morgan fingerprint density at radius 3 is 2.47 bits per heavy atom. The Hall–Kier alpha value is -1.89. The summed E-state index contributed by atoms with van der Waals surface area (Å²) in [5.41, 5.74) is 3.73. The first kappa shape index (κ1) is 12.2. The lowest BCUT2D eigenvalue weighted by molar-refractivity contribution is 0.620. The molecule has 2 aromatic rings. The highest BCUT2D eigenvalue weighted by Gasteiger charge is 2.16. The summed E-state index contributed by atoms with van der Waals surface area (Å²) in [6, 6.07) is 17.6. The molecule has 0 nitrogen and oxygen atoms in total. The van der Waals surface area contributed by atoms with Gasteiger partial charge in [-0.2, -0.15) is 0 Å². The molecule has 1 atom stereocenters. The van der Waals surface area contributed by atoms with Crippen LogP contribution >= 0.6 is 0 Å². The van der Waals surface area contributed by atoms with Crippen molar-refractivity contribution in [2.24, 2.45) is 0 Å². The molecule has 0 bridgehead atoms. The number of allylic oxidation sites excluding steroid dienone is 2. The zero-order valence-electron chi connectivity index (χ0n) is 10.9. The first-order valence-corrected chi connectivity index (χ1v) is 6.83. The fourth-order valence-electron chi connectivity index (χ4n) is 2.81. The van der Waals surface area contributed by atoms with Crippen molar-refractivity contribution in [3.8, 4) is 0 Å². The Balaban J connectivity index is 1.77. The standard InChI is InChI=1S/C18H17F/c19-18-8-4-7-17(13-18)16-11-9-15(10-12-16)14-5-2-1-3-6-14/h1-8,11,13,15H,9-10,12H2. The van der Waals surface area contributed by atoms with E-state index in [1.54, 1.807) is 12.1 Å². The van der Waals surface area contributed by atoms with Crippen LogP contribution in [0.25, 0.3) is 5.57 Å². The van der Waals surface area contributed by atoms with Gasteiger partial charge in [-0.05, 0) is 54.0 Å². The zero-order chi connectivity index (χ0) is 13.1. The molecule has 1 aliphatic rings. The fraction of sp³-hybridized carbons (Fsp3) is 0.222. The minimum Gasteiger partial charge on any atom is -0.207 e. The lowest BCUT2D eigenvalue weighted by Gasteiger charge is -2.22. The highest BCUT2D eigenvalue weighted by molar-refractivity contribution is 5.66. The van der Waals surface area contributed by atoms with Gasteiger partial charge in [-0.25, -0.2) is 4.39 Å². The van der Waals surface area contributed by atoms with Gasteiger partial charge in [-0.15, -0.1) is 0 Å². The number of hydrogen-bond acceptors (Lipinski definition) is 0. The maximum atomic E-state index is 13.2. The van der Waals surface area contributed by atoms with Crippen molar-refractivity contribution in [1.29, 1.82) is 0 Å². The molecule has 0 heterocycles. The number of rotatable bonds is 2. The highest BCUT2D eigenvalue weighted by Crippen LogP contribution is 2.35. The summed E-state index contributed by atoms with van der Waals surface area (Å²) in [7, 11) is 0. The largest absolute Gasteiger partial charge is 0.207 e. The van der Waals surface area contributed by atoms with Crippen molar-refractivity contribution in [3.63, 3.8) is 0 Å². The van der Waals surface area contributed by atoms with E-state index in [2.05, 4.69) is 36.4 Å². The first-order chi connectivity index (χ1) is 9.33. The van der Waals surface area contributed by atoms with Gasteiger partial charge in [0.25, 0.3) is 0 Å². The monoisotopic (exact) mass is 252 g/mol. The summed E-state index contributed by atoms with van der Waals surface area (Å²) in [5, 5.41) is 0. The van der Waals surface area contributed by atoms with Gasteiger partial charge in [-0.3, -0.25) is 0 Å². The molecular weight excluding hydrogens is 235 g/mol. The molecule has 1 heteroatoms. The maximum absolute atomic E-state index is 13.2. The molecule has 0 aliphatic heterocycles. The van der Waals surface area contributed by atoms with Crippen molar-refractivity contribution in [2.75, 3.05) is 0 Å². The Kier molecular flexibility index (Phi) is 3.45. The van der Waals surface area contributed by atoms with Crippen LogP contribution in [-0.4, -0.2) is 0 Å². The number of hydrogen-bond donors (Lipinski definition) is 0. The maximum Gasteiger partial charge on any atom is 0.123 e. The van der Waals surface area contributed by atoms with E-state index in [-0.39, 0.29) is 5.82 Å². The first-order valence-electron chi connectivity index (χ1n) is 6.83. The van der Waals surface area contributed by atoms with Gasteiger partial charge in [0, 0.05) is 0 Å². The van der Waals surface area contributed by atoms with Crippen molar-refractivity contribution in [3.05, 3.63) is 77.6 Å². The van der Waals surface area contributed by atoms with Crippen LogP contribution in [0.15, 0.2) is 60.7 Å². The average molecular weight is 252 g/mol. The fourth-order valence-corrected chi connectivity index (χ4v) is 2.81. The van der Waals surface area contributed by atoms with E-state index < -0.39 is 0 Å². The molecule has 0 radical (unpaired) electrons. The van der Waals surface area contributed by atoms with E-state index >= 15 is 0 Å². The Bertz CT molecular complexity index is 584. The smallest absolute Gasteiger partial charge is 0.123 e. The summed E-state index contributed by atoms with van der Waals surface area (Å²) in [4.78, 5) is 0. The van der Waals surface area contributed by atoms with Crippen LogP contribution in [0.2, 0.25) is 0 Å². The van der Waals surface area contributed by atoms with Crippen LogP contribution in [0, 0.1) is 5.82 Å². The predicted octanol–water partition coefficient (Wildman–Crippen LogP) is 5.18. The van der Waals surface area contributed by atoms with Crippen LogP contribution in [-0.2, 0) is 0 Å². The zero-order valence-corrected chi connectivity index (χ0v) is 10.9. The van der Waals surface area contributed by atoms with Gasteiger partial charge in [-0.1, -0.05) is 48.5 Å². The van der Waals surface area contributed by atoms with Gasteiger partial charge >= 0.3 is 0 Å². The van der Waals surface area contributed by atoms with E-state index in [4.69, 9.17) is 0 Å². The predicted molar refractivity (Wildman–Crippen MR) is 77.4 cm³/mol. The Labute approximate surface area is 113 Å². The van der Waals surface area contributed by atoms with Crippen molar-refractivity contribution >= 4 is 5.57 Å². The van der Waals surface area contributed by atoms with Crippen LogP contribution in [0.4, 0.5) is 4.39 Å². The topological polar surface area (TPSA) is 0 Å². The second-order valence-corrected chi connectivity index (χ2v) is 5.12. The SMILES string of the molecule is Fc1cccc(C2=CCC(c3ccccc3)CC2)c1. The molecule has 0 fully saturated rings. The van der Waals surface area contributed by atoms with Crippen LogP contribution in [0.3, 0.4) is 0 Å². The van der Waals surface area contributed by atoms with E-state index in [9.17, 15) is 4.39 Å². The molecule has 0 N–H and O–H groups in total. The molecule has 0 saturated heterocycles. The quantitative estimate of drug-likeness (QED) is 0.691. The van der Waals surface area contributed by atoms with Gasteiger partial charge < -0.3 is 0 Å². The number of benzene rings is 2. The third-order valence-electron chi connectivity index (χ3n) is 3.88. The summed E-state index contributed by atoms with van der Waals surface area (Å²) in [6.07, 6.45) is 5.50. The van der Waals surface area contributed by atoms with Gasteiger partial charge in [0.15, 0.2) is 0 Å². The average Bonchev–Trinajstić information content (AvgIpc) is 2.48. The van der Waals surface area contributed by atoms with Gasteiger partial charge in [0.1, 0.15) is 5.82 Å². The van der Waals surface area contributed by atoms with Gasteiger partial charge in [0.05, 0.1) is 0 Å². The summed E-state index contributed by atoms with van der Waals surface area (Å²) < 4.78 is 13.2. The second kappa shape index (κ2) is 5.40. The van der Waals surface area contributed by atoms with Crippen LogP contribution < -0.4 is 0 Å². The molecular formula is C18H17F. The third-order valence-corrected chi connectivity index (χ3v) is 3.88. The molecule has 3 rings (SSSR count). The normalized spacial score (nSPS) is 19.0. The lowest BCUT2D eigenvalue weighted by atomic mass is 9.83. The summed E-state index contributed by atoms with van der Waals surface area (Å²) in [6.45, 7) is 0. The molecule has 1 aliphatic carbocycles. The second-order valence-electron chi connectivity index (χ2n) is 5.12. The summed E-state index contributed by atoms with van der Waals surface area (Å²) >= 11 is 0. The third kappa shape index (κ3) is 2.76. The minimum atomic E-state index is -0.149. The molecule has 0 spiro atoms. The molecule has 2 aromatic carbocycles. The molecule has 0 saturated carbocycles. The molecule has 1 unspecified atom stereocenters. The van der Waals surface area contributed by atoms with E-state index in [0.717, 1.165) is 24.8 Å². The molecule has 19 heavy (non-hydrogen) atoms. The number of halogens is 1.